The van der Waals surface area contributed by atoms with E-state index in [9.17, 15) is 4.79 Å². The first-order valence-electron chi connectivity index (χ1n) is 7.44. The molecular weight excluding hydrogens is 338 g/mol. The average molecular weight is 356 g/mol. The Balaban J connectivity index is 1.65. The number of urea groups is 1. The van der Waals surface area contributed by atoms with Crippen LogP contribution in [0.1, 0.15) is 35.2 Å². The van der Waals surface area contributed by atoms with Crippen molar-refractivity contribution in [2.24, 2.45) is 0 Å². The van der Waals surface area contributed by atoms with Crippen molar-refractivity contribution in [1.29, 1.82) is 0 Å². The third-order valence-corrected chi connectivity index (χ3v) is 5.99. The van der Waals surface area contributed by atoms with E-state index in [1.165, 1.54) is 34.7 Å². The lowest BCUT2D eigenvalue weighted by molar-refractivity contribution is 0.212. The third-order valence-electron chi connectivity index (χ3n) is 3.70. The first-order chi connectivity index (χ1) is 10.7. The van der Waals surface area contributed by atoms with Gasteiger partial charge in [0.15, 0.2) is 5.13 Å². The smallest absolute Gasteiger partial charge is 0.320 e. The molecule has 0 atom stereocenters. The number of anilines is 1. The van der Waals surface area contributed by atoms with Crippen LogP contribution in [0.3, 0.4) is 0 Å². The van der Waals surface area contributed by atoms with Crippen LogP contribution in [0.2, 0.25) is 4.34 Å². The number of rotatable bonds is 4. The fourth-order valence-corrected chi connectivity index (χ4v) is 4.67. The molecule has 1 aliphatic carbocycles. The summed E-state index contributed by atoms with van der Waals surface area (Å²) in [4.78, 5) is 21.2. The molecule has 2 aromatic heterocycles. The lowest BCUT2D eigenvalue weighted by atomic mass is 10.0. The summed E-state index contributed by atoms with van der Waals surface area (Å²) in [5.41, 5.74) is 1.17. The molecule has 0 saturated heterocycles. The van der Waals surface area contributed by atoms with E-state index in [4.69, 9.17) is 11.6 Å². The highest BCUT2D eigenvalue weighted by molar-refractivity contribution is 7.16. The molecular formula is C15H18ClN3OS2. The van der Waals surface area contributed by atoms with Crippen LogP contribution in [-0.4, -0.2) is 22.5 Å². The molecule has 0 unspecified atom stereocenters. The fraction of sp³-hybridized carbons (Fsp3) is 0.467. The summed E-state index contributed by atoms with van der Waals surface area (Å²) in [6.07, 6.45) is 4.55. The fourth-order valence-electron chi connectivity index (χ4n) is 2.53. The molecule has 0 bridgehead atoms. The van der Waals surface area contributed by atoms with Crippen molar-refractivity contribution in [3.63, 3.8) is 0 Å². The normalized spacial score (nSPS) is 13.7. The number of carbonyl (C=O) groups is 1. The molecule has 118 valence electrons. The van der Waals surface area contributed by atoms with Crippen molar-refractivity contribution < 1.29 is 4.79 Å². The Kier molecular flexibility index (Phi) is 5.00. The maximum atomic E-state index is 12.4. The lowest BCUT2D eigenvalue weighted by Crippen LogP contribution is -2.34. The molecule has 7 heteroatoms. The quantitative estimate of drug-likeness (QED) is 0.856. The number of fused-ring (bicyclic) bond motifs is 1. The standard InChI is InChI=1S/C15H18ClN3OS2/c1-2-19(9-10-7-8-13(16)21-10)15(20)18-14-17-11-5-3-4-6-12(11)22-14/h7-8H,2-6,9H2,1H3,(H,17,18,20). The molecule has 2 aromatic rings. The number of thiazole rings is 1. The van der Waals surface area contributed by atoms with E-state index in [1.807, 2.05) is 19.1 Å². The zero-order valence-electron chi connectivity index (χ0n) is 12.4. The zero-order valence-corrected chi connectivity index (χ0v) is 14.8. The van der Waals surface area contributed by atoms with Crippen LogP contribution in [0.25, 0.3) is 0 Å². The van der Waals surface area contributed by atoms with Crippen molar-refractivity contribution in [2.45, 2.75) is 39.2 Å². The van der Waals surface area contributed by atoms with Crippen LogP contribution in [0.4, 0.5) is 9.93 Å². The summed E-state index contributed by atoms with van der Waals surface area (Å²) in [5.74, 6) is 0. The Morgan fingerprint density at radius 3 is 2.86 bits per heavy atom. The molecule has 1 aliphatic rings. The van der Waals surface area contributed by atoms with Crippen LogP contribution in [0.15, 0.2) is 12.1 Å². The number of aromatic nitrogens is 1. The molecule has 0 spiro atoms. The molecule has 0 radical (unpaired) electrons. The van der Waals surface area contributed by atoms with E-state index in [2.05, 4.69) is 10.3 Å². The first-order valence-corrected chi connectivity index (χ1v) is 9.45. The molecule has 2 amide bonds. The Morgan fingerprint density at radius 1 is 1.36 bits per heavy atom. The molecule has 22 heavy (non-hydrogen) atoms. The van der Waals surface area contributed by atoms with Gasteiger partial charge in [0.25, 0.3) is 0 Å². The predicted octanol–water partition coefficient (Wildman–Crippen LogP) is 4.79. The Bertz CT molecular complexity index is 644. The summed E-state index contributed by atoms with van der Waals surface area (Å²) < 4.78 is 0.749. The van der Waals surface area contributed by atoms with Crippen molar-refractivity contribution in [1.82, 2.24) is 9.88 Å². The highest BCUT2D eigenvalue weighted by Crippen LogP contribution is 2.30. The summed E-state index contributed by atoms with van der Waals surface area (Å²) in [7, 11) is 0. The number of hydrogen-bond acceptors (Lipinski definition) is 4. The summed E-state index contributed by atoms with van der Waals surface area (Å²) >= 11 is 9.07. The molecule has 2 heterocycles. The third kappa shape index (κ3) is 3.62. The SMILES string of the molecule is CCN(Cc1ccc(Cl)s1)C(=O)Nc1nc2c(s1)CCCC2. The maximum Gasteiger partial charge on any atom is 0.323 e. The molecule has 0 saturated carbocycles. The molecule has 1 N–H and O–H groups in total. The van der Waals surface area contributed by atoms with Gasteiger partial charge in [-0.05, 0) is 44.7 Å². The number of amides is 2. The number of carbonyl (C=O) groups excluding carboxylic acids is 1. The highest BCUT2D eigenvalue weighted by Gasteiger charge is 2.19. The minimum Gasteiger partial charge on any atom is -0.320 e. The van der Waals surface area contributed by atoms with Crippen molar-refractivity contribution in [3.8, 4) is 0 Å². The summed E-state index contributed by atoms with van der Waals surface area (Å²) in [6.45, 7) is 3.19. The van der Waals surface area contributed by atoms with Gasteiger partial charge in [-0.25, -0.2) is 9.78 Å². The Morgan fingerprint density at radius 2 is 2.18 bits per heavy atom. The molecule has 0 fully saturated rings. The monoisotopic (exact) mass is 355 g/mol. The zero-order chi connectivity index (χ0) is 15.5. The van der Waals surface area contributed by atoms with Crippen LogP contribution in [0.5, 0.6) is 0 Å². The number of thiophene rings is 1. The van der Waals surface area contributed by atoms with Gasteiger partial charge < -0.3 is 4.90 Å². The number of hydrogen-bond donors (Lipinski definition) is 1. The Labute approximate surface area is 143 Å². The molecule has 4 nitrogen and oxygen atoms in total. The van der Waals surface area contributed by atoms with E-state index in [0.29, 0.717) is 13.1 Å². The van der Waals surface area contributed by atoms with Gasteiger partial charge in [-0.15, -0.1) is 22.7 Å². The minimum atomic E-state index is -0.0990. The van der Waals surface area contributed by atoms with Gasteiger partial charge in [0.2, 0.25) is 0 Å². The second-order valence-electron chi connectivity index (χ2n) is 5.25. The van der Waals surface area contributed by atoms with Crippen LogP contribution < -0.4 is 5.32 Å². The van der Waals surface area contributed by atoms with E-state index in [1.54, 1.807) is 16.2 Å². The van der Waals surface area contributed by atoms with Gasteiger partial charge in [0.05, 0.1) is 16.6 Å². The second-order valence-corrected chi connectivity index (χ2v) is 8.13. The number of nitrogens with zero attached hydrogens (tertiary/aromatic N) is 2. The number of halogens is 1. The second kappa shape index (κ2) is 6.98. The molecule has 0 aromatic carbocycles. The van der Waals surface area contributed by atoms with Gasteiger partial charge in [-0.3, -0.25) is 5.32 Å². The van der Waals surface area contributed by atoms with Gasteiger partial charge in [-0.1, -0.05) is 11.6 Å². The topological polar surface area (TPSA) is 45.2 Å². The van der Waals surface area contributed by atoms with E-state index in [0.717, 1.165) is 27.2 Å². The van der Waals surface area contributed by atoms with Gasteiger partial charge >= 0.3 is 6.03 Å². The summed E-state index contributed by atoms with van der Waals surface area (Å²) in [5, 5.41) is 3.67. The van der Waals surface area contributed by atoms with Crippen LogP contribution in [0, 0.1) is 0 Å². The number of nitrogens with one attached hydrogen (secondary N) is 1. The van der Waals surface area contributed by atoms with Crippen LogP contribution in [-0.2, 0) is 19.4 Å². The predicted molar refractivity (Wildman–Crippen MR) is 93.2 cm³/mol. The molecule has 3 rings (SSSR count). The van der Waals surface area contributed by atoms with Gasteiger partial charge in [0, 0.05) is 16.3 Å². The van der Waals surface area contributed by atoms with Crippen molar-refractivity contribution in [2.75, 3.05) is 11.9 Å². The van der Waals surface area contributed by atoms with E-state index >= 15 is 0 Å². The van der Waals surface area contributed by atoms with E-state index < -0.39 is 0 Å². The average Bonchev–Trinajstić information content (AvgIpc) is 3.09. The lowest BCUT2D eigenvalue weighted by Gasteiger charge is -2.19. The molecule has 0 aliphatic heterocycles. The summed E-state index contributed by atoms with van der Waals surface area (Å²) in [6, 6.07) is 3.73. The maximum absolute atomic E-state index is 12.4. The van der Waals surface area contributed by atoms with Gasteiger partial charge in [-0.2, -0.15) is 0 Å². The first kappa shape index (κ1) is 15.8. The van der Waals surface area contributed by atoms with Gasteiger partial charge in [0.1, 0.15) is 0 Å². The van der Waals surface area contributed by atoms with Crippen molar-refractivity contribution >= 4 is 45.4 Å². The number of aryl methyl sites for hydroxylation is 2. The largest absolute Gasteiger partial charge is 0.323 e. The van der Waals surface area contributed by atoms with Crippen molar-refractivity contribution in [3.05, 3.63) is 31.9 Å². The minimum absolute atomic E-state index is 0.0990. The highest BCUT2D eigenvalue weighted by atomic mass is 35.5. The van der Waals surface area contributed by atoms with E-state index in [-0.39, 0.29) is 6.03 Å². The van der Waals surface area contributed by atoms with Crippen LogP contribution >= 0.6 is 34.3 Å². The Hall–Kier alpha value is -1.11.